The second kappa shape index (κ2) is 7.54. The van der Waals surface area contributed by atoms with Gasteiger partial charge < -0.3 is 14.7 Å². The molecule has 3 fully saturated rings. The molecule has 1 N–H and O–H groups in total. The van der Waals surface area contributed by atoms with Gasteiger partial charge in [-0.25, -0.2) is 4.98 Å². The van der Waals surface area contributed by atoms with Crippen molar-refractivity contribution < 1.29 is 14.6 Å². The molecule has 0 spiro atoms. The van der Waals surface area contributed by atoms with Crippen LogP contribution in [0.4, 0.5) is 0 Å². The second-order valence-corrected chi connectivity index (χ2v) is 8.92. The summed E-state index contributed by atoms with van der Waals surface area (Å²) in [6, 6.07) is 0.479. The zero-order valence-corrected chi connectivity index (χ0v) is 16.3. The van der Waals surface area contributed by atoms with Gasteiger partial charge in [0.15, 0.2) is 0 Å². The number of hydrogen-bond acceptors (Lipinski definition) is 6. The van der Waals surface area contributed by atoms with Crippen LogP contribution in [0.15, 0.2) is 5.38 Å². The number of aromatic nitrogens is 1. The number of aliphatic hydroxyl groups is 1. The van der Waals surface area contributed by atoms with E-state index in [0.29, 0.717) is 32.0 Å². The Hall–Kier alpha value is -1.02. The fraction of sp³-hybridized carbons (Fsp3) is 0.789. The zero-order chi connectivity index (χ0) is 18.1. The Kier molecular flexibility index (Phi) is 5.32. The van der Waals surface area contributed by atoms with Gasteiger partial charge in [-0.1, -0.05) is 0 Å². The first kappa shape index (κ1) is 18.3. The highest BCUT2D eigenvalue weighted by molar-refractivity contribution is 7.09. The Morgan fingerprint density at radius 3 is 2.81 bits per heavy atom. The van der Waals surface area contributed by atoms with Gasteiger partial charge in [-0.05, 0) is 45.1 Å². The van der Waals surface area contributed by atoms with Gasteiger partial charge >= 0.3 is 0 Å². The summed E-state index contributed by atoms with van der Waals surface area (Å²) in [5.41, 5.74) is -0.0926. The number of thiazole rings is 1. The van der Waals surface area contributed by atoms with Crippen LogP contribution in [0.25, 0.3) is 0 Å². The molecule has 0 bridgehead atoms. The maximum absolute atomic E-state index is 12.2. The minimum Gasteiger partial charge on any atom is -0.383 e. The third-order valence-corrected chi connectivity index (χ3v) is 6.89. The van der Waals surface area contributed by atoms with E-state index in [4.69, 9.17) is 9.72 Å². The predicted molar refractivity (Wildman–Crippen MR) is 99.9 cm³/mol. The molecule has 1 saturated carbocycles. The molecule has 1 aromatic rings. The Balaban J connectivity index is 1.36. The molecular formula is C19H29N3O3S. The highest BCUT2D eigenvalue weighted by Crippen LogP contribution is 2.37. The van der Waals surface area contributed by atoms with Crippen LogP contribution < -0.4 is 0 Å². The van der Waals surface area contributed by atoms with Crippen molar-refractivity contribution in [1.82, 2.24) is 14.8 Å². The number of likely N-dealkylation sites (tertiary alicyclic amines) is 2. The van der Waals surface area contributed by atoms with E-state index in [9.17, 15) is 9.90 Å². The molecule has 3 heterocycles. The normalized spacial score (nSPS) is 26.4. The Morgan fingerprint density at radius 1 is 1.35 bits per heavy atom. The molecule has 1 aromatic heterocycles. The van der Waals surface area contributed by atoms with E-state index < -0.39 is 5.60 Å². The van der Waals surface area contributed by atoms with E-state index in [-0.39, 0.29) is 11.8 Å². The van der Waals surface area contributed by atoms with Gasteiger partial charge in [-0.3, -0.25) is 9.69 Å². The van der Waals surface area contributed by atoms with E-state index >= 15 is 0 Å². The summed E-state index contributed by atoms with van der Waals surface area (Å²) >= 11 is 1.64. The lowest BCUT2D eigenvalue weighted by atomic mass is 9.88. The third-order valence-electron chi connectivity index (χ3n) is 6.05. The number of rotatable bonds is 6. The second-order valence-electron chi connectivity index (χ2n) is 7.98. The Bertz CT molecular complexity index is 638. The quantitative estimate of drug-likeness (QED) is 0.819. The van der Waals surface area contributed by atoms with Crippen molar-refractivity contribution in [2.45, 2.75) is 56.7 Å². The van der Waals surface area contributed by atoms with Crippen LogP contribution >= 0.6 is 11.3 Å². The lowest BCUT2D eigenvalue weighted by Gasteiger charge is -2.37. The number of piperidine rings is 1. The summed E-state index contributed by atoms with van der Waals surface area (Å²) < 4.78 is 5.33. The molecule has 7 heteroatoms. The van der Waals surface area contributed by atoms with Crippen LogP contribution in [0, 0.1) is 5.92 Å². The molecule has 3 aliphatic rings. The fourth-order valence-corrected chi connectivity index (χ4v) is 5.11. The van der Waals surface area contributed by atoms with Crippen molar-refractivity contribution >= 4 is 17.2 Å². The van der Waals surface area contributed by atoms with Gasteiger partial charge in [0.05, 0.1) is 18.8 Å². The molecule has 0 radical (unpaired) electrons. The van der Waals surface area contributed by atoms with Crippen LogP contribution in [0.5, 0.6) is 0 Å². The van der Waals surface area contributed by atoms with Crippen molar-refractivity contribution in [1.29, 1.82) is 0 Å². The van der Waals surface area contributed by atoms with Crippen molar-refractivity contribution in [2.75, 3.05) is 33.4 Å². The fourth-order valence-electron chi connectivity index (χ4n) is 4.20. The summed E-state index contributed by atoms with van der Waals surface area (Å²) in [6.07, 6.45) is 5.64. The number of methoxy groups -OCH3 is 1. The molecule has 0 aromatic carbocycles. The number of carbonyl (C=O) groups excluding carboxylic acids is 1. The van der Waals surface area contributed by atoms with Crippen LogP contribution in [0.3, 0.4) is 0 Å². The molecule has 4 rings (SSSR count). The number of nitrogens with zero attached hydrogens (tertiary/aromatic N) is 3. The maximum atomic E-state index is 12.2. The standard InChI is InChI=1S/C19H29N3O3S/c1-25-12-15-3-2-8-22(15)11-17-20-16(13-26-17)19(24)6-9-21(10-7-19)18(23)14-4-5-14/h13-15,24H,2-12H2,1H3/t15-/m1/s1. The largest absolute Gasteiger partial charge is 0.383 e. The molecule has 6 nitrogen and oxygen atoms in total. The molecular weight excluding hydrogens is 350 g/mol. The van der Waals surface area contributed by atoms with Crippen LogP contribution in [0.2, 0.25) is 0 Å². The molecule has 26 heavy (non-hydrogen) atoms. The maximum Gasteiger partial charge on any atom is 0.225 e. The van der Waals surface area contributed by atoms with E-state index in [1.54, 1.807) is 18.4 Å². The van der Waals surface area contributed by atoms with Crippen LogP contribution in [-0.4, -0.2) is 65.2 Å². The summed E-state index contributed by atoms with van der Waals surface area (Å²) in [5.74, 6) is 0.539. The Morgan fingerprint density at radius 2 is 2.12 bits per heavy atom. The van der Waals surface area contributed by atoms with Crippen molar-refractivity contribution in [3.8, 4) is 0 Å². The first-order valence-electron chi connectivity index (χ1n) is 9.78. The van der Waals surface area contributed by atoms with Crippen LogP contribution in [-0.2, 0) is 21.7 Å². The molecule has 0 unspecified atom stereocenters. The Labute approximate surface area is 159 Å². The summed E-state index contributed by atoms with van der Waals surface area (Å²) in [7, 11) is 1.76. The van der Waals surface area contributed by atoms with Gasteiger partial charge in [0.25, 0.3) is 0 Å². The van der Waals surface area contributed by atoms with Gasteiger partial charge in [-0.15, -0.1) is 11.3 Å². The SMILES string of the molecule is COC[C@H]1CCCN1Cc1nc(C2(O)CCN(C(=O)C3CC3)CC2)cs1. The van der Waals surface area contributed by atoms with Gasteiger partial charge in [0.1, 0.15) is 10.6 Å². The lowest BCUT2D eigenvalue weighted by Crippen LogP contribution is -2.45. The number of hydrogen-bond donors (Lipinski definition) is 1. The zero-order valence-electron chi connectivity index (χ0n) is 15.5. The molecule has 1 amide bonds. The molecule has 2 saturated heterocycles. The average molecular weight is 380 g/mol. The predicted octanol–water partition coefficient (Wildman–Crippen LogP) is 1.97. The highest BCUT2D eigenvalue weighted by atomic mass is 32.1. The topological polar surface area (TPSA) is 65.9 Å². The van der Waals surface area contributed by atoms with Gasteiger partial charge in [0, 0.05) is 37.5 Å². The number of amides is 1. The van der Waals surface area contributed by atoms with Gasteiger partial charge in [-0.2, -0.15) is 0 Å². The van der Waals surface area contributed by atoms with E-state index in [1.807, 2.05) is 10.3 Å². The summed E-state index contributed by atoms with van der Waals surface area (Å²) in [5, 5.41) is 14.2. The first-order valence-corrected chi connectivity index (χ1v) is 10.7. The summed E-state index contributed by atoms with van der Waals surface area (Å²) in [6.45, 7) is 3.97. The third kappa shape index (κ3) is 3.81. The van der Waals surface area contributed by atoms with Crippen LogP contribution in [0.1, 0.15) is 49.2 Å². The monoisotopic (exact) mass is 379 g/mol. The van der Waals surface area contributed by atoms with Gasteiger partial charge in [0.2, 0.25) is 5.91 Å². The smallest absolute Gasteiger partial charge is 0.225 e. The van der Waals surface area contributed by atoms with E-state index in [1.165, 1.54) is 12.8 Å². The molecule has 1 atom stereocenters. The van der Waals surface area contributed by atoms with Crippen molar-refractivity contribution in [2.24, 2.45) is 5.92 Å². The minimum absolute atomic E-state index is 0.257. The van der Waals surface area contributed by atoms with Crippen molar-refractivity contribution in [3.05, 3.63) is 16.1 Å². The highest BCUT2D eigenvalue weighted by Gasteiger charge is 2.40. The molecule has 144 valence electrons. The molecule has 2 aliphatic heterocycles. The lowest BCUT2D eigenvalue weighted by molar-refractivity contribution is -0.137. The number of ether oxygens (including phenoxy) is 1. The van der Waals surface area contributed by atoms with E-state index in [2.05, 4.69) is 4.90 Å². The minimum atomic E-state index is -0.883. The first-order chi connectivity index (χ1) is 12.6. The summed E-state index contributed by atoms with van der Waals surface area (Å²) in [4.78, 5) is 21.3. The van der Waals surface area contributed by atoms with E-state index in [0.717, 1.165) is 43.2 Å². The number of carbonyl (C=O) groups is 1. The molecule has 1 aliphatic carbocycles. The average Bonchev–Trinajstić information content (AvgIpc) is 3.23. The van der Waals surface area contributed by atoms with Crippen molar-refractivity contribution in [3.63, 3.8) is 0 Å².